The average Bonchev–Trinajstić information content (AvgIpc) is 1.84. The fourth-order valence-corrected chi connectivity index (χ4v) is 18.6. The Bertz CT molecular complexity index is 3880. The predicted octanol–water partition coefficient (Wildman–Crippen LogP) is 18.3. The number of benzene rings is 7. The van der Waals surface area contributed by atoms with Gasteiger partial charge in [-0.3, -0.25) is 0 Å². The van der Waals surface area contributed by atoms with E-state index in [0.717, 1.165) is 30.5 Å². The molecule has 2 bridgehead atoms. The zero-order chi connectivity index (χ0) is 55.0. The molecule has 0 amide bonds. The van der Waals surface area contributed by atoms with Gasteiger partial charge in [0.25, 0.3) is 6.71 Å². The predicted molar refractivity (Wildman–Crippen MR) is 337 cm³/mol. The summed E-state index contributed by atoms with van der Waals surface area (Å²) in [5.41, 5.74) is 27.9. The van der Waals surface area contributed by atoms with Crippen LogP contribution in [0.3, 0.4) is 0 Å². The first-order valence-corrected chi connectivity index (χ1v) is 30.9. The van der Waals surface area contributed by atoms with Gasteiger partial charge in [-0.15, -0.1) is 0 Å². The fraction of sp³-hybridized carbons (Fsp3) is 0.413. The molecule has 5 aliphatic carbocycles. The number of hydrogen-bond donors (Lipinski definition) is 0. The van der Waals surface area contributed by atoms with Crippen molar-refractivity contribution in [3.05, 3.63) is 172 Å². The third-order valence-corrected chi connectivity index (χ3v) is 23.1. The highest BCUT2D eigenvalue weighted by Gasteiger charge is 2.63. The van der Waals surface area contributed by atoms with Gasteiger partial charge in [0.1, 0.15) is 5.58 Å². The molecule has 8 aromatic rings. The summed E-state index contributed by atoms with van der Waals surface area (Å²) in [7, 11) is 0. The summed E-state index contributed by atoms with van der Waals surface area (Å²) < 4.78 is 7.89. The van der Waals surface area contributed by atoms with E-state index < -0.39 is 0 Å². The minimum atomic E-state index is -0.148. The number of anilines is 8. The van der Waals surface area contributed by atoms with Crippen molar-refractivity contribution in [3.8, 4) is 11.1 Å². The molecule has 0 N–H and O–H groups in total. The van der Waals surface area contributed by atoms with Crippen LogP contribution in [-0.4, -0.2) is 12.3 Å². The first-order valence-electron chi connectivity index (χ1n) is 30.9. The van der Waals surface area contributed by atoms with E-state index in [4.69, 9.17) is 4.42 Å². The standard InChI is InChI=1S/C75H80BN3O/c1-69(2,3)45-29-33-49(34-30-45)77(50-35-31-46(32-36-50)70(4,5)6)51-41-61-65-62(42-51)79-67-56(73(11)37-15-16-38-74(73,79)12)22-17-23-59(67)76(65)68-66(53-43-57-58(44-63(53)80-68)72(9,10)40-39-71(57,7)8)78(61)60-24-18-21-55-64(60)52-19-13-14-20-54(52)75(55)47-25-26-48(75)28-27-47/h13-14,17-24,29-36,41-44,47-48H,15-16,25-28,37-40H2,1-12H3. The van der Waals surface area contributed by atoms with Crippen LogP contribution in [0.4, 0.5) is 45.5 Å². The lowest BCUT2D eigenvalue weighted by Crippen LogP contribution is -2.64. The number of fused-ring (bicyclic) bond motifs is 13. The van der Waals surface area contributed by atoms with Crippen molar-refractivity contribution in [1.82, 2.24) is 0 Å². The number of rotatable bonds is 4. The smallest absolute Gasteiger partial charge is 0.297 e. The van der Waals surface area contributed by atoms with Gasteiger partial charge in [-0.2, -0.15) is 0 Å². The molecular weight excluding hydrogens is 970 g/mol. The maximum absolute atomic E-state index is 7.89. The van der Waals surface area contributed by atoms with Crippen molar-refractivity contribution >= 4 is 79.8 Å². The molecule has 4 heterocycles. The van der Waals surface area contributed by atoms with Crippen LogP contribution in [-0.2, 0) is 32.5 Å². The largest absolute Gasteiger partial charge is 0.468 e. The van der Waals surface area contributed by atoms with Crippen molar-refractivity contribution in [2.45, 2.75) is 185 Å². The normalized spacial score (nSPS) is 25.8. The molecule has 16 rings (SSSR count). The first kappa shape index (κ1) is 49.4. The molecule has 7 aromatic carbocycles. The maximum atomic E-state index is 7.89. The van der Waals surface area contributed by atoms with Crippen LogP contribution < -0.4 is 31.3 Å². The average molecular weight is 1050 g/mol. The Kier molecular flexibility index (Phi) is 9.85. The lowest BCUT2D eigenvalue weighted by molar-refractivity contribution is 0.195. The minimum absolute atomic E-state index is 0.0142. The second-order valence-electron chi connectivity index (χ2n) is 30.1. The zero-order valence-electron chi connectivity index (χ0n) is 49.8. The molecule has 2 atom stereocenters. The molecule has 1 spiro atoms. The van der Waals surface area contributed by atoms with Crippen molar-refractivity contribution in [2.24, 2.45) is 11.8 Å². The molecule has 1 aromatic heterocycles. The van der Waals surface area contributed by atoms with E-state index in [9.17, 15) is 0 Å². The molecular formula is C75H80BN3O. The van der Waals surface area contributed by atoms with Gasteiger partial charge in [-0.25, -0.2) is 0 Å². The van der Waals surface area contributed by atoms with Crippen molar-refractivity contribution in [2.75, 3.05) is 14.7 Å². The van der Waals surface area contributed by atoms with Gasteiger partial charge < -0.3 is 19.1 Å². The molecule has 2 unspecified atom stereocenters. The summed E-state index contributed by atoms with van der Waals surface area (Å²) in [6, 6.07) is 53.9. The molecule has 404 valence electrons. The van der Waals surface area contributed by atoms with Crippen LogP contribution in [0.2, 0.25) is 0 Å². The Labute approximate surface area is 477 Å². The van der Waals surface area contributed by atoms with Gasteiger partial charge in [0, 0.05) is 50.2 Å². The van der Waals surface area contributed by atoms with Crippen LogP contribution >= 0.6 is 0 Å². The Morgan fingerprint density at radius 3 is 1.75 bits per heavy atom. The summed E-state index contributed by atoms with van der Waals surface area (Å²) in [5.74, 6) is 1.31. The number of furan rings is 1. The second kappa shape index (κ2) is 16.0. The van der Waals surface area contributed by atoms with Crippen molar-refractivity contribution in [3.63, 3.8) is 0 Å². The SMILES string of the molecule is CC(C)(C)c1ccc(N(c2ccc(C(C)(C)C)cc2)c2cc3c4c(c2)N2c5c(cccc5C5(C)CCCCC25C)B4c2oc4cc5c(cc4c2N3c2cccc3c2-c2ccccc2C32C3CCC2CC3)C(C)(C)CCC5(C)C)cc1. The third-order valence-electron chi connectivity index (χ3n) is 23.1. The molecule has 0 radical (unpaired) electrons. The van der Waals surface area contributed by atoms with Crippen molar-refractivity contribution < 1.29 is 4.42 Å². The van der Waals surface area contributed by atoms with Gasteiger partial charge >= 0.3 is 0 Å². The van der Waals surface area contributed by atoms with E-state index in [0.29, 0.717) is 11.8 Å². The zero-order valence-corrected chi connectivity index (χ0v) is 49.8. The number of nitrogens with zero attached hydrogens (tertiary/aromatic N) is 3. The topological polar surface area (TPSA) is 22.9 Å². The van der Waals surface area contributed by atoms with Gasteiger partial charge in [-0.1, -0.05) is 168 Å². The lowest BCUT2D eigenvalue weighted by Gasteiger charge is -2.52. The summed E-state index contributed by atoms with van der Waals surface area (Å²) in [6.07, 6.45) is 12.3. The molecule has 0 saturated heterocycles. The van der Waals surface area contributed by atoms with Crippen LogP contribution in [0.15, 0.2) is 138 Å². The lowest BCUT2D eigenvalue weighted by atomic mass is 9.35. The van der Waals surface area contributed by atoms with E-state index in [2.05, 4.69) is 231 Å². The molecule has 3 aliphatic heterocycles. The highest BCUT2D eigenvalue weighted by molar-refractivity contribution is 7.00. The molecule has 3 fully saturated rings. The first-order chi connectivity index (χ1) is 38.1. The molecule has 3 saturated carbocycles. The maximum Gasteiger partial charge on any atom is 0.297 e. The van der Waals surface area contributed by atoms with Crippen LogP contribution in [0.5, 0.6) is 0 Å². The Balaban J connectivity index is 1.06. The van der Waals surface area contributed by atoms with Crippen LogP contribution in [0.1, 0.15) is 186 Å². The quantitative estimate of drug-likeness (QED) is 0.164. The van der Waals surface area contributed by atoms with E-state index in [1.165, 1.54) is 146 Å². The summed E-state index contributed by atoms with van der Waals surface area (Å²) in [6.45, 7) is 29.0. The highest BCUT2D eigenvalue weighted by atomic mass is 16.3. The second-order valence-corrected chi connectivity index (χ2v) is 30.1. The summed E-state index contributed by atoms with van der Waals surface area (Å²) in [4.78, 5) is 8.28. The summed E-state index contributed by atoms with van der Waals surface area (Å²) >= 11 is 0. The number of para-hydroxylation sites is 1. The van der Waals surface area contributed by atoms with Gasteiger partial charge in [-0.05, 0) is 202 Å². The Morgan fingerprint density at radius 2 is 1.10 bits per heavy atom. The molecule has 80 heavy (non-hydrogen) atoms. The van der Waals surface area contributed by atoms with Crippen molar-refractivity contribution in [1.29, 1.82) is 0 Å². The van der Waals surface area contributed by atoms with Gasteiger partial charge in [0.05, 0.1) is 28.3 Å². The molecule has 8 aliphatic rings. The molecule has 5 heteroatoms. The van der Waals surface area contributed by atoms with E-state index >= 15 is 0 Å². The van der Waals surface area contributed by atoms with Gasteiger partial charge in [0.2, 0.25) is 0 Å². The van der Waals surface area contributed by atoms with E-state index in [-0.39, 0.29) is 44.7 Å². The molecule has 4 nitrogen and oxygen atoms in total. The fourth-order valence-electron chi connectivity index (χ4n) is 18.6. The third kappa shape index (κ3) is 6.20. The Hall–Kier alpha value is -6.46. The summed E-state index contributed by atoms with van der Waals surface area (Å²) in [5, 5.41) is 1.23. The van der Waals surface area contributed by atoms with Crippen LogP contribution in [0.25, 0.3) is 22.1 Å². The van der Waals surface area contributed by atoms with E-state index in [1.54, 1.807) is 11.1 Å². The monoisotopic (exact) mass is 1050 g/mol. The Morgan fingerprint density at radius 1 is 0.525 bits per heavy atom. The minimum Gasteiger partial charge on any atom is -0.468 e. The van der Waals surface area contributed by atoms with Gasteiger partial charge in [0.15, 0.2) is 0 Å². The van der Waals surface area contributed by atoms with E-state index in [1.807, 2.05) is 0 Å². The van der Waals surface area contributed by atoms with Crippen LogP contribution in [0, 0.1) is 11.8 Å². The highest BCUT2D eigenvalue weighted by Crippen LogP contribution is 2.70. The number of hydrogen-bond acceptors (Lipinski definition) is 4.